The standard InChI is InChI=1S/C11H11IN4OS/c12-7-2-13-10-9(7)11(15-5-14-10)16-3-6(4-18)1-8(16)17/h2,5-6,18H,1,3-4H2,(H,13,14,15). The van der Waals surface area contributed by atoms with Gasteiger partial charge in [-0.15, -0.1) is 0 Å². The van der Waals surface area contributed by atoms with Crippen molar-refractivity contribution in [3.05, 3.63) is 16.1 Å². The molecule has 1 saturated heterocycles. The molecule has 1 atom stereocenters. The number of nitrogens with one attached hydrogen (secondary N) is 1. The summed E-state index contributed by atoms with van der Waals surface area (Å²) in [4.78, 5) is 25.3. The molecule has 3 rings (SSSR count). The van der Waals surface area contributed by atoms with Crippen LogP contribution in [-0.4, -0.2) is 33.2 Å². The minimum atomic E-state index is 0.117. The number of H-pyrrole nitrogens is 1. The number of carbonyl (C=O) groups excluding carboxylic acids is 1. The zero-order valence-electron chi connectivity index (χ0n) is 9.43. The molecule has 1 N–H and O–H groups in total. The lowest BCUT2D eigenvalue weighted by Gasteiger charge is -2.16. The summed E-state index contributed by atoms with van der Waals surface area (Å²) < 4.78 is 1.03. The molecule has 1 unspecified atom stereocenters. The molecule has 0 aliphatic carbocycles. The van der Waals surface area contributed by atoms with Gasteiger partial charge in [0.25, 0.3) is 0 Å². The molecule has 3 heterocycles. The molecule has 1 aliphatic heterocycles. The third-order valence-electron chi connectivity index (χ3n) is 3.12. The first kappa shape index (κ1) is 12.2. The fourth-order valence-electron chi connectivity index (χ4n) is 2.22. The van der Waals surface area contributed by atoms with Crippen molar-refractivity contribution >= 4 is 58.0 Å². The Labute approximate surface area is 123 Å². The van der Waals surface area contributed by atoms with Gasteiger partial charge in [0.05, 0.1) is 5.39 Å². The third kappa shape index (κ3) is 1.89. The number of hydrogen-bond acceptors (Lipinski definition) is 4. The summed E-state index contributed by atoms with van der Waals surface area (Å²) in [6, 6.07) is 0. The van der Waals surface area contributed by atoms with Gasteiger partial charge < -0.3 is 4.98 Å². The van der Waals surface area contributed by atoms with E-state index in [1.807, 2.05) is 6.20 Å². The number of thiol groups is 1. The van der Waals surface area contributed by atoms with Gasteiger partial charge in [-0.05, 0) is 34.3 Å². The topological polar surface area (TPSA) is 61.9 Å². The van der Waals surface area contributed by atoms with Gasteiger partial charge in [-0.2, -0.15) is 12.6 Å². The molecular weight excluding hydrogens is 363 g/mol. The quantitative estimate of drug-likeness (QED) is 0.623. The van der Waals surface area contributed by atoms with Crippen molar-refractivity contribution in [1.29, 1.82) is 0 Å². The highest BCUT2D eigenvalue weighted by Gasteiger charge is 2.32. The summed E-state index contributed by atoms with van der Waals surface area (Å²) in [5.41, 5.74) is 0.770. The van der Waals surface area contributed by atoms with E-state index in [1.54, 1.807) is 4.90 Å². The first-order chi connectivity index (χ1) is 8.70. The van der Waals surface area contributed by atoms with Crippen molar-refractivity contribution in [3.63, 3.8) is 0 Å². The first-order valence-electron chi connectivity index (χ1n) is 5.59. The number of rotatable bonds is 2. The third-order valence-corrected chi connectivity index (χ3v) is 4.49. The first-order valence-corrected chi connectivity index (χ1v) is 7.30. The van der Waals surface area contributed by atoms with Crippen LogP contribution in [-0.2, 0) is 4.79 Å². The molecule has 0 radical (unpaired) electrons. The molecule has 7 heteroatoms. The zero-order chi connectivity index (χ0) is 12.7. The smallest absolute Gasteiger partial charge is 0.228 e. The zero-order valence-corrected chi connectivity index (χ0v) is 12.5. The largest absolute Gasteiger partial charge is 0.345 e. The van der Waals surface area contributed by atoms with Crippen molar-refractivity contribution in [1.82, 2.24) is 15.0 Å². The molecule has 5 nitrogen and oxygen atoms in total. The van der Waals surface area contributed by atoms with Gasteiger partial charge >= 0.3 is 0 Å². The van der Waals surface area contributed by atoms with Crippen LogP contribution in [0.15, 0.2) is 12.5 Å². The van der Waals surface area contributed by atoms with Crippen LogP contribution in [0, 0.1) is 9.49 Å². The van der Waals surface area contributed by atoms with E-state index < -0.39 is 0 Å². The van der Waals surface area contributed by atoms with Crippen molar-refractivity contribution in [2.75, 3.05) is 17.2 Å². The number of fused-ring (bicyclic) bond motifs is 1. The second kappa shape index (κ2) is 4.69. The highest BCUT2D eigenvalue weighted by atomic mass is 127. The average molecular weight is 374 g/mol. The molecule has 2 aromatic rings. The molecule has 0 aromatic carbocycles. The molecule has 94 valence electrons. The maximum Gasteiger partial charge on any atom is 0.228 e. The van der Waals surface area contributed by atoms with Gasteiger partial charge in [0, 0.05) is 22.7 Å². The van der Waals surface area contributed by atoms with E-state index >= 15 is 0 Å². The number of aromatic nitrogens is 3. The number of amides is 1. The Hall–Kier alpha value is -0.830. The van der Waals surface area contributed by atoms with Crippen molar-refractivity contribution in [2.24, 2.45) is 5.92 Å². The lowest BCUT2D eigenvalue weighted by atomic mass is 10.1. The Morgan fingerprint density at radius 1 is 1.56 bits per heavy atom. The van der Waals surface area contributed by atoms with Gasteiger partial charge in [0.2, 0.25) is 5.91 Å². The molecule has 2 aromatic heterocycles. The van der Waals surface area contributed by atoms with E-state index in [0.29, 0.717) is 24.7 Å². The average Bonchev–Trinajstić information content (AvgIpc) is 2.93. The number of aromatic amines is 1. The Morgan fingerprint density at radius 3 is 3.11 bits per heavy atom. The Bertz CT molecular complexity index is 614. The van der Waals surface area contributed by atoms with E-state index in [0.717, 1.165) is 20.4 Å². The second-order valence-corrected chi connectivity index (χ2v) is 5.84. The number of hydrogen-bond donors (Lipinski definition) is 2. The van der Waals surface area contributed by atoms with E-state index in [1.165, 1.54) is 6.33 Å². The van der Waals surface area contributed by atoms with Gasteiger partial charge in [-0.3, -0.25) is 9.69 Å². The van der Waals surface area contributed by atoms with Crippen LogP contribution >= 0.6 is 35.2 Å². The monoisotopic (exact) mass is 374 g/mol. The molecule has 1 fully saturated rings. The van der Waals surface area contributed by atoms with E-state index in [-0.39, 0.29) is 5.91 Å². The lowest BCUT2D eigenvalue weighted by molar-refractivity contribution is -0.117. The second-order valence-electron chi connectivity index (χ2n) is 4.31. The molecule has 0 spiro atoms. The van der Waals surface area contributed by atoms with Gasteiger partial charge in [0.15, 0.2) is 0 Å². The minimum absolute atomic E-state index is 0.117. The van der Waals surface area contributed by atoms with Crippen LogP contribution < -0.4 is 4.90 Å². The summed E-state index contributed by atoms with van der Waals surface area (Å²) in [6.45, 7) is 0.690. The molecule has 1 amide bonds. The van der Waals surface area contributed by atoms with Crippen molar-refractivity contribution < 1.29 is 4.79 Å². The number of carbonyl (C=O) groups is 1. The lowest BCUT2D eigenvalue weighted by Crippen LogP contribution is -2.26. The fourth-order valence-corrected chi connectivity index (χ4v) is 3.12. The van der Waals surface area contributed by atoms with Gasteiger partial charge in [0.1, 0.15) is 17.8 Å². The minimum Gasteiger partial charge on any atom is -0.345 e. The highest BCUT2D eigenvalue weighted by molar-refractivity contribution is 14.1. The van der Waals surface area contributed by atoms with Crippen LogP contribution in [0.1, 0.15) is 6.42 Å². The Balaban J connectivity index is 2.09. The molecule has 1 aliphatic rings. The maximum absolute atomic E-state index is 12.0. The number of nitrogens with zero attached hydrogens (tertiary/aromatic N) is 3. The van der Waals surface area contributed by atoms with E-state index in [9.17, 15) is 4.79 Å². The summed E-state index contributed by atoms with van der Waals surface area (Å²) in [5, 5.41) is 0.922. The predicted molar refractivity (Wildman–Crippen MR) is 80.9 cm³/mol. The SMILES string of the molecule is O=C1CC(CS)CN1c1ncnc2[nH]cc(I)c12. The van der Waals surface area contributed by atoms with Gasteiger partial charge in [-0.25, -0.2) is 9.97 Å². The molecular formula is C11H11IN4OS. The molecule has 0 bridgehead atoms. The van der Waals surface area contributed by atoms with Crippen LogP contribution in [0.25, 0.3) is 11.0 Å². The normalized spacial score (nSPS) is 20.0. The van der Waals surface area contributed by atoms with Crippen LogP contribution in [0.2, 0.25) is 0 Å². The fraction of sp³-hybridized carbons (Fsp3) is 0.364. The molecule has 18 heavy (non-hydrogen) atoms. The van der Waals surface area contributed by atoms with Crippen molar-refractivity contribution in [3.8, 4) is 0 Å². The summed E-state index contributed by atoms with van der Waals surface area (Å²) in [7, 11) is 0. The molecule has 0 saturated carbocycles. The van der Waals surface area contributed by atoms with E-state index in [2.05, 4.69) is 50.2 Å². The van der Waals surface area contributed by atoms with Crippen molar-refractivity contribution in [2.45, 2.75) is 6.42 Å². The number of anilines is 1. The summed E-state index contributed by atoms with van der Waals surface area (Å²) in [6.07, 6.45) is 3.92. The van der Waals surface area contributed by atoms with Crippen LogP contribution in [0.4, 0.5) is 5.82 Å². The van der Waals surface area contributed by atoms with Crippen LogP contribution in [0.3, 0.4) is 0 Å². The number of halogens is 1. The summed E-state index contributed by atoms with van der Waals surface area (Å²) in [5.74, 6) is 1.86. The highest BCUT2D eigenvalue weighted by Crippen LogP contribution is 2.31. The predicted octanol–water partition coefficient (Wildman–Crippen LogP) is 1.85. The maximum atomic E-state index is 12.0. The summed E-state index contributed by atoms with van der Waals surface area (Å²) >= 11 is 6.49. The van der Waals surface area contributed by atoms with Crippen LogP contribution in [0.5, 0.6) is 0 Å². The Morgan fingerprint density at radius 2 is 2.39 bits per heavy atom. The van der Waals surface area contributed by atoms with E-state index in [4.69, 9.17) is 0 Å². The van der Waals surface area contributed by atoms with Gasteiger partial charge in [-0.1, -0.05) is 0 Å². The Kier molecular flexibility index (Phi) is 3.18.